The first-order valence-corrected chi connectivity index (χ1v) is 11.1. The minimum absolute atomic E-state index is 0.0707. The van der Waals surface area contributed by atoms with E-state index >= 15 is 0 Å². The van der Waals surface area contributed by atoms with Crippen LogP contribution in [0.25, 0.3) is 0 Å². The molecule has 0 aliphatic carbocycles. The summed E-state index contributed by atoms with van der Waals surface area (Å²) in [5, 5.41) is 3.50. The number of halogens is 1. The second kappa shape index (κ2) is 8.40. The van der Waals surface area contributed by atoms with Gasteiger partial charge in [0.15, 0.2) is 5.13 Å². The Labute approximate surface area is 177 Å². The summed E-state index contributed by atoms with van der Waals surface area (Å²) in [6, 6.07) is 10.3. The van der Waals surface area contributed by atoms with Crippen molar-refractivity contribution in [2.24, 2.45) is 0 Å². The number of rotatable bonds is 6. The van der Waals surface area contributed by atoms with Gasteiger partial charge in [0.05, 0.1) is 23.4 Å². The first-order valence-electron chi connectivity index (χ1n) is 8.41. The molecule has 7 nitrogen and oxygen atoms in total. The van der Waals surface area contributed by atoms with Gasteiger partial charge in [-0.3, -0.25) is 14.8 Å². The molecule has 2 N–H and O–H groups in total. The van der Waals surface area contributed by atoms with Crippen LogP contribution in [0.4, 0.5) is 10.8 Å². The van der Waals surface area contributed by atoms with E-state index in [9.17, 15) is 13.2 Å². The van der Waals surface area contributed by atoms with Crippen LogP contribution in [-0.2, 0) is 10.0 Å². The number of benzene rings is 2. The SMILES string of the molecule is COc1ccc(Cl)cc1NS(=O)(=O)c1cccc(C(=O)Nc2nc(C)c(C)s2)c1. The molecule has 29 heavy (non-hydrogen) atoms. The number of thiazole rings is 1. The zero-order chi connectivity index (χ0) is 21.2. The second-order valence-electron chi connectivity index (χ2n) is 6.09. The number of hydrogen-bond donors (Lipinski definition) is 2. The standard InChI is InChI=1S/C19H18ClN3O4S2/c1-11-12(2)28-19(21-11)22-18(24)13-5-4-6-15(9-13)29(25,26)23-16-10-14(20)7-8-17(16)27-3/h4-10,23H,1-3H3,(H,21,22,24). The lowest BCUT2D eigenvalue weighted by atomic mass is 10.2. The number of nitrogens with zero attached hydrogens (tertiary/aromatic N) is 1. The quantitative estimate of drug-likeness (QED) is 0.576. The van der Waals surface area contributed by atoms with E-state index in [4.69, 9.17) is 16.3 Å². The highest BCUT2D eigenvalue weighted by Crippen LogP contribution is 2.30. The molecule has 0 spiro atoms. The third kappa shape index (κ3) is 4.87. The van der Waals surface area contributed by atoms with Gasteiger partial charge in [-0.15, -0.1) is 11.3 Å². The maximum absolute atomic E-state index is 12.8. The highest BCUT2D eigenvalue weighted by atomic mass is 35.5. The van der Waals surface area contributed by atoms with Gasteiger partial charge in [-0.05, 0) is 50.2 Å². The van der Waals surface area contributed by atoms with Crippen LogP contribution in [0.5, 0.6) is 5.75 Å². The minimum atomic E-state index is -3.98. The van der Waals surface area contributed by atoms with Crippen LogP contribution in [0, 0.1) is 13.8 Å². The van der Waals surface area contributed by atoms with Crippen molar-refractivity contribution in [1.82, 2.24) is 4.98 Å². The van der Waals surface area contributed by atoms with Gasteiger partial charge < -0.3 is 4.74 Å². The summed E-state index contributed by atoms with van der Waals surface area (Å²) in [4.78, 5) is 17.7. The largest absolute Gasteiger partial charge is 0.495 e. The van der Waals surface area contributed by atoms with Crippen LogP contribution in [0.1, 0.15) is 20.9 Å². The molecule has 0 saturated heterocycles. The van der Waals surface area contributed by atoms with E-state index in [0.29, 0.717) is 15.9 Å². The summed E-state index contributed by atoms with van der Waals surface area (Å²) < 4.78 is 33.2. The number of aryl methyl sites for hydroxylation is 2. The molecule has 2 aromatic carbocycles. The summed E-state index contributed by atoms with van der Waals surface area (Å²) >= 11 is 7.31. The van der Waals surface area contributed by atoms with E-state index in [1.54, 1.807) is 12.1 Å². The Morgan fingerprint density at radius 1 is 1.17 bits per heavy atom. The number of ether oxygens (including phenoxy) is 1. The van der Waals surface area contributed by atoms with Gasteiger partial charge in [-0.2, -0.15) is 0 Å². The highest BCUT2D eigenvalue weighted by Gasteiger charge is 2.19. The summed E-state index contributed by atoms with van der Waals surface area (Å²) in [5.41, 5.74) is 1.22. The van der Waals surface area contributed by atoms with Crippen molar-refractivity contribution in [2.75, 3.05) is 17.1 Å². The fourth-order valence-electron chi connectivity index (χ4n) is 2.46. The number of carbonyl (C=O) groups excluding carboxylic acids is 1. The molecule has 0 fully saturated rings. The molecule has 1 aromatic heterocycles. The average molecular weight is 452 g/mol. The Bertz CT molecular complexity index is 1160. The molecule has 0 aliphatic heterocycles. The van der Waals surface area contributed by atoms with Crippen molar-refractivity contribution < 1.29 is 17.9 Å². The van der Waals surface area contributed by atoms with E-state index in [1.807, 2.05) is 13.8 Å². The fourth-order valence-corrected chi connectivity index (χ4v) is 4.55. The van der Waals surface area contributed by atoms with Crippen molar-refractivity contribution in [3.63, 3.8) is 0 Å². The first kappa shape index (κ1) is 21.1. The summed E-state index contributed by atoms with van der Waals surface area (Å²) in [6.45, 7) is 3.76. The summed E-state index contributed by atoms with van der Waals surface area (Å²) in [5.74, 6) is -0.127. The monoisotopic (exact) mass is 451 g/mol. The van der Waals surface area contributed by atoms with Gasteiger partial charge in [0.1, 0.15) is 5.75 Å². The predicted octanol–water partition coefficient (Wildman–Crippen LogP) is 4.48. The molecule has 152 valence electrons. The van der Waals surface area contributed by atoms with Gasteiger partial charge in [-0.25, -0.2) is 13.4 Å². The van der Waals surface area contributed by atoms with Gasteiger partial charge in [-0.1, -0.05) is 17.7 Å². The van der Waals surface area contributed by atoms with Crippen LogP contribution in [0.2, 0.25) is 5.02 Å². The molecule has 0 saturated carbocycles. The number of carbonyl (C=O) groups is 1. The van der Waals surface area contributed by atoms with E-state index in [1.165, 1.54) is 48.8 Å². The lowest BCUT2D eigenvalue weighted by Crippen LogP contribution is -2.16. The van der Waals surface area contributed by atoms with E-state index in [2.05, 4.69) is 15.0 Å². The first-order chi connectivity index (χ1) is 13.7. The Hall–Kier alpha value is -2.62. The smallest absolute Gasteiger partial charge is 0.262 e. The molecule has 0 unspecified atom stereocenters. The van der Waals surface area contributed by atoms with E-state index in [-0.39, 0.29) is 16.1 Å². The topological polar surface area (TPSA) is 97.4 Å². The third-order valence-electron chi connectivity index (χ3n) is 4.06. The zero-order valence-corrected chi connectivity index (χ0v) is 18.2. The molecular weight excluding hydrogens is 434 g/mol. The summed E-state index contributed by atoms with van der Waals surface area (Å²) in [7, 11) is -2.55. The number of aromatic nitrogens is 1. The molecule has 3 rings (SSSR count). The van der Waals surface area contributed by atoms with Crippen LogP contribution in [-0.4, -0.2) is 26.4 Å². The van der Waals surface area contributed by atoms with Crippen LogP contribution in [0.15, 0.2) is 47.4 Å². The van der Waals surface area contributed by atoms with Crippen molar-refractivity contribution >= 4 is 49.7 Å². The zero-order valence-electron chi connectivity index (χ0n) is 15.8. The van der Waals surface area contributed by atoms with E-state index < -0.39 is 15.9 Å². The number of anilines is 2. The molecular formula is C19H18ClN3O4S2. The molecule has 10 heteroatoms. The van der Waals surface area contributed by atoms with Crippen molar-refractivity contribution in [1.29, 1.82) is 0 Å². The van der Waals surface area contributed by atoms with Crippen LogP contribution < -0.4 is 14.8 Å². The normalized spacial score (nSPS) is 11.2. The minimum Gasteiger partial charge on any atom is -0.495 e. The van der Waals surface area contributed by atoms with Gasteiger partial charge in [0, 0.05) is 15.5 Å². The third-order valence-corrected chi connectivity index (χ3v) is 6.65. The van der Waals surface area contributed by atoms with Gasteiger partial charge in [0.25, 0.3) is 15.9 Å². The highest BCUT2D eigenvalue weighted by molar-refractivity contribution is 7.92. The lowest BCUT2D eigenvalue weighted by Gasteiger charge is -2.12. The van der Waals surface area contributed by atoms with Crippen LogP contribution >= 0.6 is 22.9 Å². The van der Waals surface area contributed by atoms with Crippen molar-refractivity contribution in [3.8, 4) is 5.75 Å². The average Bonchev–Trinajstić information content (AvgIpc) is 2.99. The maximum atomic E-state index is 12.8. The van der Waals surface area contributed by atoms with Gasteiger partial charge >= 0.3 is 0 Å². The molecule has 0 radical (unpaired) electrons. The molecule has 1 heterocycles. The van der Waals surface area contributed by atoms with E-state index in [0.717, 1.165) is 10.6 Å². The molecule has 0 atom stereocenters. The number of amides is 1. The number of sulfonamides is 1. The second-order valence-corrected chi connectivity index (χ2v) is 9.41. The molecule has 3 aromatic rings. The fraction of sp³-hybridized carbons (Fsp3) is 0.158. The van der Waals surface area contributed by atoms with Crippen LogP contribution in [0.3, 0.4) is 0 Å². The Morgan fingerprint density at radius 3 is 2.59 bits per heavy atom. The van der Waals surface area contributed by atoms with Crippen molar-refractivity contribution in [2.45, 2.75) is 18.7 Å². The molecule has 0 aliphatic rings. The predicted molar refractivity (Wildman–Crippen MR) is 115 cm³/mol. The Balaban J connectivity index is 1.86. The maximum Gasteiger partial charge on any atom is 0.262 e. The lowest BCUT2D eigenvalue weighted by molar-refractivity contribution is 0.102. The summed E-state index contributed by atoms with van der Waals surface area (Å²) in [6.07, 6.45) is 0. The number of hydrogen-bond acceptors (Lipinski definition) is 6. The molecule has 1 amide bonds. The Morgan fingerprint density at radius 2 is 1.93 bits per heavy atom. The van der Waals surface area contributed by atoms with Gasteiger partial charge in [0.2, 0.25) is 0 Å². The van der Waals surface area contributed by atoms with Crippen molar-refractivity contribution in [3.05, 3.63) is 63.6 Å². The number of nitrogens with one attached hydrogen (secondary N) is 2. The molecule has 0 bridgehead atoms. The Kier molecular flexibility index (Phi) is 6.11. The number of methoxy groups -OCH3 is 1.